The lowest BCUT2D eigenvalue weighted by atomic mass is 9.95. The van der Waals surface area contributed by atoms with E-state index in [1.165, 1.54) is 6.92 Å². The van der Waals surface area contributed by atoms with Gasteiger partial charge in [0.15, 0.2) is 0 Å². The van der Waals surface area contributed by atoms with Gasteiger partial charge >= 0.3 is 5.97 Å². The van der Waals surface area contributed by atoms with Gasteiger partial charge < -0.3 is 15.3 Å². The van der Waals surface area contributed by atoms with Crippen LogP contribution in [-0.4, -0.2) is 46.9 Å². The summed E-state index contributed by atoms with van der Waals surface area (Å²) in [6.45, 7) is 2.51. The van der Waals surface area contributed by atoms with Crippen LogP contribution in [0.25, 0.3) is 0 Å². The molecule has 2 rings (SSSR count). The maximum atomic E-state index is 12.4. The highest BCUT2D eigenvalue weighted by atomic mass is 35.5. The lowest BCUT2D eigenvalue weighted by molar-refractivity contribution is -0.142. The number of piperidine rings is 1. The number of benzene rings is 1. The second-order valence-corrected chi connectivity index (χ2v) is 7.03. The molecule has 1 unspecified atom stereocenters. The van der Waals surface area contributed by atoms with Crippen molar-refractivity contribution in [3.05, 3.63) is 33.8 Å². The van der Waals surface area contributed by atoms with Gasteiger partial charge in [0.1, 0.15) is 6.04 Å². The number of carboxylic acid groups (broad SMARTS) is 1. The number of carbonyl (C=O) groups excluding carboxylic acids is 2. The Morgan fingerprint density at radius 3 is 2.24 bits per heavy atom. The summed E-state index contributed by atoms with van der Waals surface area (Å²) in [4.78, 5) is 36.9. The Balaban J connectivity index is 1.98. The van der Waals surface area contributed by atoms with Gasteiger partial charge in [-0.3, -0.25) is 9.59 Å². The van der Waals surface area contributed by atoms with Crippen LogP contribution >= 0.6 is 23.2 Å². The van der Waals surface area contributed by atoms with Crippen molar-refractivity contribution in [2.45, 2.75) is 32.2 Å². The number of hydrogen-bond donors (Lipinski definition) is 2. The Hall–Kier alpha value is -1.79. The molecule has 1 aliphatic rings. The van der Waals surface area contributed by atoms with Crippen LogP contribution in [-0.2, 0) is 20.8 Å². The van der Waals surface area contributed by atoms with Crippen molar-refractivity contribution in [3.8, 4) is 0 Å². The van der Waals surface area contributed by atoms with Crippen LogP contribution in [0.3, 0.4) is 0 Å². The Morgan fingerprint density at radius 1 is 1.20 bits per heavy atom. The number of halogens is 2. The van der Waals surface area contributed by atoms with Crippen LogP contribution in [0.15, 0.2) is 18.2 Å². The molecule has 2 N–H and O–H groups in total. The highest BCUT2D eigenvalue weighted by Crippen LogP contribution is 2.21. The first-order valence-electron chi connectivity index (χ1n) is 8.00. The number of carboxylic acids is 1. The Bertz CT molecular complexity index is 652. The zero-order chi connectivity index (χ0) is 18.6. The summed E-state index contributed by atoms with van der Waals surface area (Å²) < 4.78 is 0. The van der Waals surface area contributed by atoms with Crippen molar-refractivity contribution >= 4 is 41.0 Å². The second-order valence-electron chi connectivity index (χ2n) is 6.16. The average molecular weight is 387 g/mol. The molecule has 2 amide bonds. The molecule has 0 spiro atoms. The predicted molar refractivity (Wildman–Crippen MR) is 94.7 cm³/mol. The van der Waals surface area contributed by atoms with Gasteiger partial charge in [0, 0.05) is 42.4 Å². The Morgan fingerprint density at radius 2 is 1.76 bits per heavy atom. The molecule has 1 aromatic carbocycles. The lowest BCUT2D eigenvalue weighted by Gasteiger charge is -2.31. The minimum Gasteiger partial charge on any atom is -0.480 e. The van der Waals surface area contributed by atoms with Crippen molar-refractivity contribution in [1.29, 1.82) is 0 Å². The van der Waals surface area contributed by atoms with Crippen molar-refractivity contribution in [1.82, 2.24) is 10.2 Å². The maximum Gasteiger partial charge on any atom is 0.326 e. The van der Waals surface area contributed by atoms with Gasteiger partial charge in [-0.1, -0.05) is 23.2 Å². The molecule has 0 bridgehead atoms. The molecule has 0 radical (unpaired) electrons. The predicted octanol–water partition coefficient (Wildman–Crippen LogP) is 2.36. The van der Waals surface area contributed by atoms with Crippen molar-refractivity contribution in [2.75, 3.05) is 13.1 Å². The molecule has 1 heterocycles. The van der Waals surface area contributed by atoms with E-state index in [1.807, 2.05) is 0 Å². The lowest BCUT2D eigenvalue weighted by Crippen LogP contribution is -2.48. The number of nitrogens with zero attached hydrogens (tertiary/aromatic N) is 1. The third kappa shape index (κ3) is 5.61. The van der Waals surface area contributed by atoms with Gasteiger partial charge in [-0.25, -0.2) is 4.79 Å². The van der Waals surface area contributed by atoms with Gasteiger partial charge in [-0.2, -0.15) is 0 Å². The second kappa shape index (κ2) is 8.54. The van der Waals surface area contributed by atoms with Gasteiger partial charge in [0.2, 0.25) is 11.8 Å². The van der Waals surface area contributed by atoms with E-state index in [2.05, 4.69) is 5.32 Å². The molecule has 25 heavy (non-hydrogen) atoms. The van der Waals surface area contributed by atoms with Gasteiger partial charge in [0.25, 0.3) is 0 Å². The van der Waals surface area contributed by atoms with Gasteiger partial charge in [0.05, 0.1) is 0 Å². The first-order chi connectivity index (χ1) is 11.8. The van der Waals surface area contributed by atoms with Crippen LogP contribution in [0.1, 0.15) is 25.3 Å². The van der Waals surface area contributed by atoms with Gasteiger partial charge in [-0.05, 0) is 36.6 Å². The third-order valence-electron chi connectivity index (χ3n) is 4.29. The van der Waals surface area contributed by atoms with Crippen LogP contribution < -0.4 is 5.32 Å². The third-order valence-corrected chi connectivity index (χ3v) is 4.72. The minimum atomic E-state index is -1.12. The number of hydrogen-bond acceptors (Lipinski definition) is 3. The summed E-state index contributed by atoms with van der Waals surface area (Å²) in [5.74, 6) is -1.73. The van der Waals surface area contributed by atoms with Crippen LogP contribution in [0.5, 0.6) is 0 Å². The van der Waals surface area contributed by atoms with Crippen LogP contribution in [0.2, 0.25) is 10.0 Å². The molecule has 8 heteroatoms. The molecular weight excluding hydrogens is 367 g/mol. The molecule has 1 saturated heterocycles. The number of carbonyl (C=O) groups is 3. The summed E-state index contributed by atoms with van der Waals surface area (Å²) in [6.07, 6.45) is 1.15. The quantitative estimate of drug-likeness (QED) is 0.812. The van der Waals surface area contributed by atoms with E-state index < -0.39 is 12.0 Å². The van der Waals surface area contributed by atoms with E-state index >= 15 is 0 Å². The normalized spacial score (nSPS) is 16.4. The summed E-state index contributed by atoms with van der Waals surface area (Å²) in [5, 5.41) is 12.8. The van der Waals surface area contributed by atoms with Crippen LogP contribution in [0, 0.1) is 5.92 Å². The number of likely N-dealkylation sites (tertiary alicyclic amines) is 1. The average Bonchev–Trinajstić information content (AvgIpc) is 2.53. The Kier molecular flexibility index (Phi) is 6.67. The molecule has 1 fully saturated rings. The topological polar surface area (TPSA) is 86.7 Å². The molecule has 0 saturated carbocycles. The molecule has 136 valence electrons. The largest absolute Gasteiger partial charge is 0.480 e. The number of nitrogens with one attached hydrogen (secondary N) is 1. The molecule has 1 aromatic rings. The van der Waals surface area contributed by atoms with E-state index in [-0.39, 0.29) is 24.2 Å². The van der Waals surface area contributed by atoms with Crippen molar-refractivity contribution in [2.24, 2.45) is 5.92 Å². The summed E-state index contributed by atoms with van der Waals surface area (Å²) >= 11 is 11.9. The summed E-state index contributed by atoms with van der Waals surface area (Å²) in [6, 6.07) is 3.75. The summed E-state index contributed by atoms with van der Waals surface area (Å²) in [7, 11) is 0. The smallest absolute Gasteiger partial charge is 0.326 e. The van der Waals surface area contributed by atoms with E-state index in [0.717, 1.165) is 0 Å². The van der Waals surface area contributed by atoms with Crippen molar-refractivity contribution < 1.29 is 19.5 Å². The first kappa shape index (κ1) is 19.5. The summed E-state index contributed by atoms with van der Waals surface area (Å²) in [5.41, 5.74) is 0.636. The van der Waals surface area contributed by atoms with E-state index in [9.17, 15) is 19.5 Å². The fourth-order valence-corrected chi connectivity index (χ4v) is 3.48. The highest BCUT2D eigenvalue weighted by molar-refractivity contribution is 6.34. The van der Waals surface area contributed by atoms with Crippen LogP contribution in [0.4, 0.5) is 0 Å². The molecule has 6 nitrogen and oxygen atoms in total. The SMILES string of the molecule is CC(=O)N1CCC(C(=O)NC(Cc2cc(Cl)cc(Cl)c2)C(=O)O)CC1. The fraction of sp³-hybridized carbons (Fsp3) is 0.471. The minimum absolute atomic E-state index is 0.0138. The fourth-order valence-electron chi connectivity index (χ4n) is 2.91. The molecule has 1 atom stereocenters. The zero-order valence-electron chi connectivity index (χ0n) is 13.8. The molecule has 0 aliphatic carbocycles. The number of amides is 2. The standard InChI is InChI=1S/C17H20Cl2N2O4/c1-10(22)21-4-2-12(3-5-21)16(23)20-15(17(24)25)8-11-6-13(18)9-14(19)7-11/h6-7,9,12,15H,2-5,8H2,1H3,(H,20,23)(H,24,25). The first-order valence-corrected chi connectivity index (χ1v) is 8.75. The van der Waals surface area contributed by atoms with E-state index in [1.54, 1.807) is 23.1 Å². The molecule has 1 aliphatic heterocycles. The maximum absolute atomic E-state index is 12.4. The van der Waals surface area contributed by atoms with E-state index in [0.29, 0.717) is 41.5 Å². The monoisotopic (exact) mass is 386 g/mol. The van der Waals surface area contributed by atoms with Gasteiger partial charge in [-0.15, -0.1) is 0 Å². The number of aliphatic carboxylic acids is 1. The zero-order valence-corrected chi connectivity index (χ0v) is 15.3. The highest BCUT2D eigenvalue weighted by Gasteiger charge is 2.29. The molecular formula is C17H20Cl2N2O4. The molecule has 0 aromatic heterocycles. The van der Waals surface area contributed by atoms with E-state index in [4.69, 9.17) is 23.2 Å². The van der Waals surface area contributed by atoms with Crippen molar-refractivity contribution in [3.63, 3.8) is 0 Å². The Labute approximate surface area is 156 Å². The number of rotatable bonds is 5.